The van der Waals surface area contributed by atoms with Gasteiger partial charge in [0.25, 0.3) is 0 Å². The zero-order valence-corrected chi connectivity index (χ0v) is 9.44. The number of hydrogen-bond acceptors (Lipinski definition) is 3. The fraction of sp³-hybridized carbons (Fsp3) is 0.250. The second kappa shape index (κ2) is 4.07. The number of esters is 1. The molecule has 1 aromatic rings. The number of carbonyl (C=O) groups excluding carboxylic acids is 1. The molecular formula is C8H7BrClNO2. The Labute approximate surface area is 89.2 Å². The Morgan fingerprint density at radius 3 is 2.85 bits per heavy atom. The lowest BCUT2D eigenvalue weighted by Gasteiger charge is -2.04. The first kappa shape index (κ1) is 10.5. The molecule has 0 amide bonds. The van der Waals surface area contributed by atoms with Crippen molar-refractivity contribution >= 4 is 33.5 Å². The first-order valence-corrected chi connectivity index (χ1v) is 4.64. The van der Waals surface area contributed by atoms with E-state index < -0.39 is 5.97 Å². The molecule has 1 aromatic heterocycles. The summed E-state index contributed by atoms with van der Waals surface area (Å²) in [6.07, 6.45) is 1.43. The van der Waals surface area contributed by atoms with Crippen molar-refractivity contribution < 1.29 is 9.53 Å². The second-order valence-electron chi connectivity index (χ2n) is 2.38. The van der Waals surface area contributed by atoms with Crippen molar-refractivity contribution in [1.82, 2.24) is 4.98 Å². The third kappa shape index (κ3) is 2.00. The second-order valence-corrected chi connectivity index (χ2v) is 3.55. The van der Waals surface area contributed by atoms with Crippen LogP contribution < -0.4 is 0 Å². The minimum absolute atomic E-state index is 0.332. The quantitative estimate of drug-likeness (QED) is 0.732. The smallest absolute Gasteiger partial charge is 0.340 e. The minimum Gasteiger partial charge on any atom is -0.465 e. The highest BCUT2D eigenvalue weighted by Gasteiger charge is 2.14. The Hall–Kier alpha value is -0.610. The van der Waals surface area contributed by atoms with Crippen LogP contribution in [0.5, 0.6) is 0 Å². The largest absolute Gasteiger partial charge is 0.465 e. The molecule has 0 N–H and O–H groups in total. The van der Waals surface area contributed by atoms with E-state index in [1.54, 1.807) is 6.92 Å². The van der Waals surface area contributed by atoms with Crippen LogP contribution in [0.3, 0.4) is 0 Å². The van der Waals surface area contributed by atoms with Crippen LogP contribution in [-0.2, 0) is 4.74 Å². The van der Waals surface area contributed by atoms with Crippen molar-refractivity contribution in [2.24, 2.45) is 0 Å². The van der Waals surface area contributed by atoms with E-state index in [1.807, 2.05) is 0 Å². The van der Waals surface area contributed by atoms with Gasteiger partial charge in [-0.1, -0.05) is 11.6 Å². The van der Waals surface area contributed by atoms with E-state index in [4.69, 9.17) is 11.6 Å². The number of carbonyl (C=O) groups is 1. The molecule has 3 nitrogen and oxygen atoms in total. The van der Waals surface area contributed by atoms with Crippen molar-refractivity contribution in [1.29, 1.82) is 0 Å². The van der Waals surface area contributed by atoms with Gasteiger partial charge in [-0.25, -0.2) is 4.79 Å². The number of methoxy groups -OCH3 is 1. The predicted molar refractivity (Wildman–Crippen MR) is 53.0 cm³/mol. The normalized spacial score (nSPS) is 9.85. The van der Waals surface area contributed by atoms with Gasteiger partial charge in [0.2, 0.25) is 0 Å². The Morgan fingerprint density at radius 1 is 1.69 bits per heavy atom. The van der Waals surface area contributed by atoms with Crippen LogP contribution in [0.4, 0.5) is 0 Å². The highest BCUT2D eigenvalue weighted by atomic mass is 79.9. The SMILES string of the molecule is COC(=O)c1cnc(C)c(Cl)c1Br. The zero-order valence-electron chi connectivity index (χ0n) is 7.10. The number of halogens is 2. The highest BCUT2D eigenvalue weighted by Crippen LogP contribution is 2.28. The van der Waals surface area contributed by atoms with Gasteiger partial charge in [0.05, 0.1) is 27.9 Å². The number of ether oxygens (including phenoxy) is 1. The number of pyridine rings is 1. The summed E-state index contributed by atoms with van der Waals surface area (Å²) in [5, 5.41) is 0.433. The van der Waals surface area contributed by atoms with Crippen molar-refractivity contribution in [3.8, 4) is 0 Å². The van der Waals surface area contributed by atoms with Gasteiger partial charge in [-0.2, -0.15) is 0 Å². The molecule has 0 aliphatic carbocycles. The van der Waals surface area contributed by atoms with E-state index in [0.717, 1.165) is 0 Å². The fourth-order valence-corrected chi connectivity index (χ4v) is 1.51. The summed E-state index contributed by atoms with van der Waals surface area (Å²) < 4.78 is 5.07. The predicted octanol–water partition coefficient (Wildman–Crippen LogP) is 2.59. The van der Waals surface area contributed by atoms with Gasteiger partial charge < -0.3 is 4.74 Å². The van der Waals surface area contributed by atoms with Gasteiger partial charge in [-0.05, 0) is 22.9 Å². The molecule has 0 radical (unpaired) electrons. The van der Waals surface area contributed by atoms with E-state index in [1.165, 1.54) is 13.3 Å². The van der Waals surface area contributed by atoms with Crippen LogP contribution in [0.25, 0.3) is 0 Å². The van der Waals surface area contributed by atoms with E-state index >= 15 is 0 Å². The standard InChI is InChI=1S/C8H7BrClNO2/c1-4-7(10)6(9)5(3-11-4)8(12)13-2/h3H,1-2H3. The summed E-state index contributed by atoms with van der Waals surface area (Å²) in [6.45, 7) is 1.76. The number of nitrogens with zero attached hydrogens (tertiary/aromatic N) is 1. The van der Waals surface area contributed by atoms with Gasteiger partial charge in [0.1, 0.15) is 0 Å². The molecule has 0 bridgehead atoms. The molecule has 0 saturated carbocycles. The van der Waals surface area contributed by atoms with Crippen LogP contribution in [0.15, 0.2) is 10.7 Å². The molecule has 0 saturated heterocycles. The molecule has 0 aromatic carbocycles. The molecule has 1 heterocycles. The average Bonchev–Trinajstić information content (AvgIpc) is 2.13. The molecule has 0 spiro atoms. The minimum atomic E-state index is -0.457. The summed E-state index contributed by atoms with van der Waals surface area (Å²) >= 11 is 9.07. The zero-order chi connectivity index (χ0) is 10.0. The maximum absolute atomic E-state index is 11.1. The Bertz CT molecular complexity index is 354. The van der Waals surface area contributed by atoms with Crippen LogP contribution in [-0.4, -0.2) is 18.1 Å². The van der Waals surface area contributed by atoms with Gasteiger partial charge in [0, 0.05) is 6.20 Å². The number of aromatic nitrogens is 1. The molecule has 0 atom stereocenters. The van der Waals surface area contributed by atoms with Crippen molar-refractivity contribution in [3.63, 3.8) is 0 Å². The van der Waals surface area contributed by atoms with Gasteiger partial charge in [-0.3, -0.25) is 4.98 Å². The van der Waals surface area contributed by atoms with E-state index in [0.29, 0.717) is 20.8 Å². The van der Waals surface area contributed by atoms with Crippen LogP contribution >= 0.6 is 27.5 Å². The van der Waals surface area contributed by atoms with Crippen LogP contribution in [0, 0.1) is 6.92 Å². The van der Waals surface area contributed by atoms with Crippen molar-refractivity contribution in [3.05, 3.63) is 26.9 Å². The summed E-state index contributed by atoms with van der Waals surface area (Å²) in [5.74, 6) is -0.457. The fourth-order valence-electron chi connectivity index (χ4n) is 0.804. The van der Waals surface area contributed by atoms with Crippen LogP contribution in [0.2, 0.25) is 5.02 Å². The number of aryl methyl sites for hydroxylation is 1. The molecule has 1 rings (SSSR count). The monoisotopic (exact) mass is 263 g/mol. The molecular weight excluding hydrogens is 257 g/mol. The maximum Gasteiger partial charge on any atom is 0.340 e. The van der Waals surface area contributed by atoms with Gasteiger partial charge >= 0.3 is 5.97 Å². The van der Waals surface area contributed by atoms with E-state index in [-0.39, 0.29) is 0 Å². The average molecular weight is 265 g/mol. The van der Waals surface area contributed by atoms with Crippen molar-refractivity contribution in [2.75, 3.05) is 7.11 Å². The van der Waals surface area contributed by atoms with Gasteiger partial charge in [0.15, 0.2) is 0 Å². The Balaban J connectivity index is 3.26. The molecule has 0 fully saturated rings. The van der Waals surface area contributed by atoms with E-state index in [9.17, 15) is 4.79 Å². The summed E-state index contributed by atoms with van der Waals surface area (Å²) in [4.78, 5) is 15.1. The Morgan fingerprint density at radius 2 is 2.31 bits per heavy atom. The molecule has 70 valence electrons. The lowest BCUT2D eigenvalue weighted by Crippen LogP contribution is -2.04. The number of hydrogen-bond donors (Lipinski definition) is 0. The first-order chi connectivity index (χ1) is 6.07. The van der Waals surface area contributed by atoms with E-state index in [2.05, 4.69) is 25.7 Å². The van der Waals surface area contributed by atoms with Gasteiger partial charge in [-0.15, -0.1) is 0 Å². The molecule has 13 heavy (non-hydrogen) atoms. The molecule has 5 heteroatoms. The molecule has 0 unspecified atom stereocenters. The molecule has 0 aliphatic rings. The number of rotatable bonds is 1. The topological polar surface area (TPSA) is 39.2 Å². The third-order valence-electron chi connectivity index (χ3n) is 1.54. The lowest BCUT2D eigenvalue weighted by atomic mass is 10.2. The third-order valence-corrected chi connectivity index (χ3v) is 3.05. The lowest BCUT2D eigenvalue weighted by molar-refractivity contribution is 0.0599. The highest BCUT2D eigenvalue weighted by molar-refractivity contribution is 9.10. The first-order valence-electron chi connectivity index (χ1n) is 3.46. The summed E-state index contributed by atoms with van der Waals surface area (Å²) in [7, 11) is 1.31. The Kier molecular flexibility index (Phi) is 3.27. The summed E-state index contributed by atoms with van der Waals surface area (Å²) in [5.41, 5.74) is 0.999. The summed E-state index contributed by atoms with van der Waals surface area (Å²) in [6, 6.07) is 0. The van der Waals surface area contributed by atoms with Crippen LogP contribution in [0.1, 0.15) is 16.1 Å². The molecule has 0 aliphatic heterocycles. The van der Waals surface area contributed by atoms with Crippen molar-refractivity contribution in [2.45, 2.75) is 6.92 Å². The maximum atomic E-state index is 11.1.